The molecule has 3 N–H and O–H groups in total. The lowest BCUT2D eigenvalue weighted by Gasteiger charge is -2.14. The lowest BCUT2D eigenvalue weighted by Crippen LogP contribution is -2.31. The molecule has 5 aromatic rings. The van der Waals surface area contributed by atoms with E-state index >= 15 is 0 Å². The van der Waals surface area contributed by atoms with Gasteiger partial charge in [0.05, 0.1) is 23.4 Å². The number of anilines is 1. The summed E-state index contributed by atoms with van der Waals surface area (Å²) in [4.78, 5) is 39.1. The number of aromatic nitrogens is 4. The zero-order chi connectivity index (χ0) is 26.6. The largest absolute Gasteiger partial charge is 0.382 e. The van der Waals surface area contributed by atoms with E-state index < -0.39 is 24.4 Å². The number of carbonyl (C=O) groups excluding carboxylic acids is 1. The number of carbonyl (C=O) groups is 1. The van der Waals surface area contributed by atoms with Crippen molar-refractivity contribution in [2.24, 2.45) is 0 Å². The molecule has 0 aliphatic rings. The van der Waals surface area contributed by atoms with Crippen molar-refractivity contribution >= 4 is 22.6 Å². The van der Waals surface area contributed by atoms with Crippen LogP contribution in [0.3, 0.4) is 0 Å². The number of benzene rings is 2. The van der Waals surface area contributed by atoms with Crippen molar-refractivity contribution in [1.29, 1.82) is 0 Å². The van der Waals surface area contributed by atoms with E-state index in [4.69, 9.17) is 5.73 Å². The Bertz CT molecular complexity index is 1690. The SMILES string of the molecule is Nc1nc(-c2ccccc2)c(-c2ccc3ncccc3c2)nc1C(=O)NCc1cccn(CC(F)F)c1=O. The van der Waals surface area contributed by atoms with Crippen LogP contribution in [-0.2, 0) is 13.1 Å². The molecule has 2 aromatic carbocycles. The van der Waals surface area contributed by atoms with Gasteiger partial charge in [-0.15, -0.1) is 0 Å². The molecular formula is C28H22F2N6O2. The fraction of sp³-hybridized carbons (Fsp3) is 0.107. The predicted octanol–water partition coefficient (Wildman–Crippen LogP) is 4.30. The van der Waals surface area contributed by atoms with Gasteiger partial charge in [-0.1, -0.05) is 48.5 Å². The fourth-order valence-corrected chi connectivity index (χ4v) is 4.11. The second-order valence-electron chi connectivity index (χ2n) is 8.50. The maximum atomic E-state index is 13.1. The summed E-state index contributed by atoms with van der Waals surface area (Å²) in [6.07, 6.45) is 0.300. The molecule has 0 spiro atoms. The molecule has 8 nitrogen and oxygen atoms in total. The Morgan fingerprint density at radius 3 is 2.53 bits per heavy atom. The van der Waals surface area contributed by atoms with Gasteiger partial charge in [-0.2, -0.15) is 0 Å². The highest BCUT2D eigenvalue weighted by molar-refractivity contribution is 5.98. The van der Waals surface area contributed by atoms with E-state index in [1.807, 2.05) is 60.7 Å². The van der Waals surface area contributed by atoms with E-state index in [0.717, 1.165) is 21.0 Å². The van der Waals surface area contributed by atoms with Crippen molar-refractivity contribution < 1.29 is 13.6 Å². The van der Waals surface area contributed by atoms with Crippen LogP contribution in [0.1, 0.15) is 16.1 Å². The van der Waals surface area contributed by atoms with Crippen molar-refractivity contribution in [1.82, 2.24) is 24.8 Å². The average molecular weight is 513 g/mol. The monoisotopic (exact) mass is 512 g/mol. The van der Waals surface area contributed by atoms with Crippen LogP contribution in [0.4, 0.5) is 14.6 Å². The number of amides is 1. The lowest BCUT2D eigenvalue weighted by atomic mass is 10.0. The number of fused-ring (bicyclic) bond motifs is 1. The summed E-state index contributed by atoms with van der Waals surface area (Å²) in [6, 6.07) is 21.6. The van der Waals surface area contributed by atoms with Gasteiger partial charge in [0.1, 0.15) is 0 Å². The minimum Gasteiger partial charge on any atom is -0.382 e. The Balaban J connectivity index is 1.52. The molecule has 0 bridgehead atoms. The zero-order valence-electron chi connectivity index (χ0n) is 20.0. The molecule has 3 aromatic heterocycles. The molecule has 0 aliphatic heterocycles. The van der Waals surface area contributed by atoms with Crippen LogP contribution in [0, 0.1) is 0 Å². The standard InChI is InChI=1S/C28H22F2N6O2/c29-22(30)16-36-13-5-9-20(28(36)38)15-33-27(37)25-26(31)35-23(17-6-2-1-3-7-17)24(34-25)19-10-11-21-18(14-19)8-4-12-32-21/h1-14,22H,15-16H2,(H2,31,35)(H,33,37). The summed E-state index contributed by atoms with van der Waals surface area (Å²) in [7, 11) is 0. The first kappa shape index (κ1) is 24.7. The Labute approximate surface area is 215 Å². The molecule has 0 aliphatic carbocycles. The van der Waals surface area contributed by atoms with E-state index in [0.29, 0.717) is 17.0 Å². The van der Waals surface area contributed by atoms with Crippen LogP contribution < -0.4 is 16.6 Å². The third-order valence-electron chi connectivity index (χ3n) is 5.93. The molecule has 10 heteroatoms. The number of nitrogens with two attached hydrogens (primary N) is 1. The van der Waals surface area contributed by atoms with E-state index in [-0.39, 0.29) is 23.6 Å². The molecule has 5 rings (SSSR count). The summed E-state index contributed by atoms with van der Waals surface area (Å²) in [5.74, 6) is -0.738. The number of nitrogens with one attached hydrogen (secondary N) is 1. The molecule has 0 unspecified atom stereocenters. The van der Waals surface area contributed by atoms with Crippen LogP contribution in [-0.4, -0.2) is 31.9 Å². The molecule has 3 heterocycles. The molecule has 0 saturated carbocycles. The quantitative estimate of drug-likeness (QED) is 0.336. The van der Waals surface area contributed by atoms with Gasteiger partial charge in [0.25, 0.3) is 17.9 Å². The summed E-state index contributed by atoms with van der Waals surface area (Å²) in [5.41, 5.74) is 8.83. The normalized spacial score (nSPS) is 11.1. The van der Waals surface area contributed by atoms with Crippen molar-refractivity contribution in [3.05, 3.63) is 107 Å². The first-order valence-corrected chi connectivity index (χ1v) is 11.7. The van der Waals surface area contributed by atoms with Crippen molar-refractivity contribution in [3.63, 3.8) is 0 Å². The maximum absolute atomic E-state index is 13.1. The van der Waals surface area contributed by atoms with Gasteiger partial charge >= 0.3 is 0 Å². The number of halogens is 2. The number of alkyl halides is 2. The van der Waals surface area contributed by atoms with Crippen LogP contribution in [0.2, 0.25) is 0 Å². The summed E-state index contributed by atoms with van der Waals surface area (Å²) in [6.45, 7) is -0.926. The van der Waals surface area contributed by atoms with Gasteiger partial charge in [0, 0.05) is 41.0 Å². The maximum Gasteiger partial charge on any atom is 0.274 e. The van der Waals surface area contributed by atoms with Gasteiger partial charge in [-0.3, -0.25) is 14.6 Å². The van der Waals surface area contributed by atoms with Crippen molar-refractivity contribution in [2.45, 2.75) is 19.5 Å². The number of nitrogen functional groups attached to an aromatic ring is 1. The number of hydrogen-bond acceptors (Lipinski definition) is 6. The Morgan fingerprint density at radius 1 is 0.947 bits per heavy atom. The third kappa shape index (κ3) is 5.10. The minimum absolute atomic E-state index is 0.0873. The van der Waals surface area contributed by atoms with E-state index in [2.05, 4.69) is 20.3 Å². The Morgan fingerprint density at radius 2 is 1.74 bits per heavy atom. The summed E-state index contributed by atoms with van der Waals surface area (Å²) in [5, 5.41) is 3.50. The zero-order valence-corrected chi connectivity index (χ0v) is 20.0. The van der Waals surface area contributed by atoms with Crippen molar-refractivity contribution in [3.8, 4) is 22.5 Å². The summed E-state index contributed by atoms with van der Waals surface area (Å²) >= 11 is 0. The molecule has 0 atom stereocenters. The van der Waals surface area contributed by atoms with Gasteiger partial charge < -0.3 is 15.6 Å². The molecule has 0 radical (unpaired) electrons. The Hall–Kier alpha value is -4.99. The second-order valence-corrected chi connectivity index (χ2v) is 8.50. The van der Waals surface area contributed by atoms with E-state index in [1.54, 1.807) is 6.20 Å². The van der Waals surface area contributed by atoms with E-state index in [9.17, 15) is 18.4 Å². The molecule has 1 amide bonds. The minimum atomic E-state index is -2.68. The third-order valence-corrected chi connectivity index (χ3v) is 5.93. The van der Waals surface area contributed by atoms with E-state index in [1.165, 1.54) is 18.3 Å². The number of pyridine rings is 2. The predicted molar refractivity (Wildman–Crippen MR) is 140 cm³/mol. The van der Waals surface area contributed by atoms with Crippen LogP contribution in [0.5, 0.6) is 0 Å². The van der Waals surface area contributed by atoms with Crippen molar-refractivity contribution in [2.75, 3.05) is 5.73 Å². The average Bonchev–Trinajstić information content (AvgIpc) is 2.93. The number of nitrogens with zero attached hydrogens (tertiary/aromatic N) is 4. The molecule has 0 saturated heterocycles. The molecule has 0 fully saturated rings. The van der Waals surface area contributed by atoms with Gasteiger partial charge in [-0.05, 0) is 24.3 Å². The highest BCUT2D eigenvalue weighted by atomic mass is 19.3. The number of hydrogen-bond donors (Lipinski definition) is 2. The highest BCUT2D eigenvalue weighted by Crippen LogP contribution is 2.32. The molecule has 38 heavy (non-hydrogen) atoms. The lowest BCUT2D eigenvalue weighted by molar-refractivity contribution is 0.0946. The van der Waals surface area contributed by atoms with Crippen LogP contribution >= 0.6 is 0 Å². The first-order chi connectivity index (χ1) is 18.4. The second kappa shape index (κ2) is 10.6. The van der Waals surface area contributed by atoms with Crippen LogP contribution in [0.15, 0.2) is 90.0 Å². The Kier molecular flexibility index (Phi) is 6.86. The number of rotatable bonds is 7. The first-order valence-electron chi connectivity index (χ1n) is 11.7. The van der Waals surface area contributed by atoms with Crippen LogP contribution in [0.25, 0.3) is 33.4 Å². The molecule has 190 valence electrons. The highest BCUT2D eigenvalue weighted by Gasteiger charge is 2.20. The van der Waals surface area contributed by atoms with Gasteiger partial charge in [0.2, 0.25) is 0 Å². The molecular weight excluding hydrogens is 490 g/mol. The van der Waals surface area contributed by atoms with Gasteiger partial charge in [-0.25, -0.2) is 18.7 Å². The van der Waals surface area contributed by atoms with Gasteiger partial charge in [0.15, 0.2) is 11.5 Å². The fourth-order valence-electron chi connectivity index (χ4n) is 4.11. The topological polar surface area (TPSA) is 116 Å². The smallest absolute Gasteiger partial charge is 0.274 e. The summed E-state index contributed by atoms with van der Waals surface area (Å²) < 4.78 is 26.4.